The summed E-state index contributed by atoms with van der Waals surface area (Å²) in [6.07, 6.45) is -21.0. The first kappa shape index (κ1) is 78.3. The predicted molar refractivity (Wildman–Crippen MR) is 378 cm³/mol. The average molecular weight is 1580 g/mol. The number of nitrogens with one attached hydrogen (secondary N) is 6. The number of aliphatic hydroxyl groups is 9. The van der Waals surface area contributed by atoms with Gasteiger partial charge in [0.05, 0.1) is 33.1 Å². The maximum atomic E-state index is 16.0. The molecule has 598 valence electrons. The summed E-state index contributed by atoms with van der Waals surface area (Å²) in [5.41, 5.74) is -2.74. The summed E-state index contributed by atoms with van der Waals surface area (Å²) >= 11 is 0. The van der Waals surface area contributed by atoms with Crippen LogP contribution < -0.4 is 46.1 Å². The number of nitrogens with zero attached hydrogens (tertiary/aromatic N) is 3. The summed E-state index contributed by atoms with van der Waals surface area (Å²) < 4.78 is 47.5. The van der Waals surface area contributed by atoms with Gasteiger partial charge in [-0.2, -0.15) is 0 Å². The molecule has 6 amide bonds. The van der Waals surface area contributed by atoms with Gasteiger partial charge in [0.25, 0.3) is 0 Å². The zero-order valence-electron chi connectivity index (χ0n) is 59.4. The van der Waals surface area contributed by atoms with Gasteiger partial charge in [0.2, 0.25) is 41.2 Å². The van der Waals surface area contributed by atoms with E-state index >= 15 is 24.0 Å². The third-order valence-corrected chi connectivity index (χ3v) is 20.2. The summed E-state index contributed by atoms with van der Waals surface area (Å²) in [7, 11) is 0.952. The number of amides is 6. The minimum Gasteiger partial charge on any atom is -0.508 e. The molecule has 8 aliphatic heterocycles. The summed E-state index contributed by atoms with van der Waals surface area (Å²) in [6.45, 7) is -1.06. The van der Waals surface area contributed by atoms with Crippen molar-refractivity contribution in [1.82, 2.24) is 46.9 Å². The van der Waals surface area contributed by atoms with Crippen molar-refractivity contribution in [2.24, 2.45) is 0 Å². The smallest absolute Gasteiger partial charge is 0.333 e. The van der Waals surface area contributed by atoms with E-state index in [2.05, 4.69) is 42.2 Å². The minimum atomic E-state index is -2.25. The molecule has 19 atom stereocenters. The van der Waals surface area contributed by atoms with E-state index in [1.54, 1.807) is 0 Å². The first-order valence-corrected chi connectivity index (χ1v) is 35.0. The Morgan fingerprint density at radius 3 is 1.64 bits per heavy atom. The Bertz CT molecular complexity index is 5090. The van der Waals surface area contributed by atoms with Crippen LogP contribution in [0.3, 0.4) is 0 Å². The van der Waals surface area contributed by atoms with E-state index in [4.69, 9.17) is 37.9 Å². The zero-order valence-corrected chi connectivity index (χ0v) is 59.4. The number of ether oxygens (including phenoxy) is 8. The van der Waals surface area contributed by atoms with Crippen molar-refractivity contribution in [3.8, 4) is 80.1 Å². The highest BCUT2D eigenvalue weighted by molar-refractivity contribution is 6.00. The van der Waals surface area contributed by atoms with E-state index < -0.39 is 240 Å². The number of hydrogen-bond donors (Lipinski definition) is 21. The second-order valence-electron chi connectivity index (χ2n) is 27.5. The number of aromatic nitrogens is 3. The fourth-order valence-corrected chi connectivity index (χ4v) is 14.0. The lowest BCUT2D eigenvalue weighted by atomic mass is 9.89. The third kappa shape index (κ3) is 15.1. The molecule has 39 heteroatoms. The average Bonchev–Trinajstić information content (AvgIpc) is 0.894. The van der Waals surface area contributed by atoms with Crippen molar-refractivity contribution < 1.29 is 148 Å². The lowest BCUT2D eigenvalue weighted by molar-refractivity contribution is -0.360. The van der Waals surface area contributed by atoms with Crippen LogP contribution >= 0.6 is 0 Å². The first-order valence-electron chi connectivity index (χ1n) is 35.0. The van der Waals surface area contributed by atoms with Crippen molar-refractivity contribution in [1.29, 1.82) is 0 Å². The van der Waals surface area contributed by atoms with Crippen molar-refractivity contribution in [3.63, 3.8) is 0 Å². The lowest BCUT2D eigenvalue weighted by Crippen LogP contribution is -2.64. The molecular formula is C75H73N9O30. The first-order chi connectivity index (χ1) is 54.5. The number of methoxy groups -OCH3 is 1. The number of phenols is 6. The van der Waals surface area contributed by atoms with Crippen molar-refractivity contribution >= 4 is 41.4 Å². The fourth-order valence-electron chi connectivity index (χ4n) is 14.0. The van der Waals surface area contributed by atoms with E-state index in [1.165, 1.54) is 61.5 Å². The Hall–Kier alpha value is -12.4. The minimum absolute atomic E-state index is 0.0694. The number of carbonyl (C=O) groups excluding carboxylic acids is 7. The maximum absolute atomic E-state index is 16.0. The maximum Gasteiger partial charge on any atom is 0.333 e. The molecule has 7 aromatic carbocycles. The van der Waals surface area contributed by atoms with Crippen molar-refractivity contribution in [3.05, 3.63) is 178 Å². The van der Waals surface area contributed by atoms with Gasteiger partial charge in [0.1, 0.15) is 137 Å². The summed E-state index contributed by atoms with van der Waals surface area (Å²) in [6, 6.07) is 8.19. The Kier molecular flexibility index (Phi) is 21.8. The highest BCUT2D eigenvalue weighted by atomic mass is 16.7. The number of rotatable bonds is 9. The van der Waals surface area contributed by atoms with Crippen LogP contribution in [0.1, 0.15) is 92.6 Å². The van der Waals surface area contributed by atoms with Gasteiger partial charge >= 0.3 is 5.97 Å². The van der Waals surface area contributed by atoms with Crippen LogP contribution in [0.4, 0.5) is 0 Å². The van der Waals surface area contributed by atoms with Gasteiger partial charge in [0.15, 0.2) is 47.7 Å². The molecule has 9 heterocycles. The quantitative estimate of drug-likeness (QED) is 0.0762. The second kappa shape index (κ2) is 31.7. The monoisotopic (exact) mass is 1580 g/mol. The van der Waals surface area contributed by atoms with Crippen LogP contribution in [-0.4, -0.2) is 227 Å². The zero-order chi connectivity index (χ0) is 81.2. The number of benzene rings is 7. The summed E-state index contributed by atoms with van der Waals surface area (Å²) in [5.74, 6) is -15.3. The van der Waals surface area contributed by atoms with E-state index in [0.717, 1.165) is 84.7 Å². The number of esters is 1. The molecule has 0 saturated carbocycles. The SMILES string of the molecule is COC(=O)[C@@H]1NC(=O)[C@H]2NC(=O)[C@H](NC(=O)[C@@H]3NC(=O)[C@H]4NC(=O)[C@H](NC(=O)[C@H](n5cc(CO[C@H]6O[C@H](CO)[C@@H](O[C@H]7O[C@H](CO)[C@@H](O)[C@H](O)[C@H]7O)[C@H](O)[C@H]6O)nn5)c5ccc(O)c(c5)Oc5cc4cc(O)c5C)[C@H](O)c4ccc(cc4)Oc4cc3cc(c4O)Oc3ccc(cc3)[C@H]2O)c2ccc(O)c(c2)-c2c(O)cc(O)cc21. The summed E-state index contributed by atoms with van der Waals surface area (Å²) in [4.78, 5) is 107. The molecule has 2 saturated heterocycles. The number of phenolic OH excluding ortho intramolecular Hbond substituents is 6. The van der Waals surface area contributed by atoms with Crippen molar-refractivity contribution in [2.75, 3.05) is 20.3 Å². The van der Waals surface area contributed by atoms with Gasteiger partial charge in [-0.1, -0.05) is 41.6 Å². The van der Waals surface area contributed by atoms with Gasteiger partial charge in [-0.15, -0.1) is 5.10 Å². The van der Waals surface area contributed by atoms with Gasteiger partial charge in [-0.25, -0.2) is 9.48 Å². The largest absolute Gasteiger partial charge is 0.508 e. The molecular weight excluding hydrogens is 1510 g/mol. The second-order valence-corrected chi connectivity index (χ2v) is 27.5. The number of hydrogen-bond acceptors (Lipinski definition) is 32. The van der Waals surface area contributed by atoms with Gasteiger partial charge in [-0.3, -0.25) is 28.8 Å². The van der Waals surface area contributed by atoms with Crippen LogP contribution in [0.2, 0.25) is 0 Å². The Labute approximate surface area is 641 Å². The van der Waals surface area contributed by atoms with Gasteiger partial charge in [0, 0.05) is 28.3 Å². The highest BCUT2D eigenvalue weighted by Gasteiger charge is 2.52. The number of carbonyl (C=O) groups is 7. The molecule has 8 aliphatic rings. The molecule has 2 fully saturated rings. The lowest BCUT2D eigenvalue weighted by Gasteiger charge is -2.45. The molecule has 0 aliphatic carbocycles. The summed E-state index contributed by atoms with van der Waals surface area (Å²) in [5, 5.41) is 192. The van der Waals surface area contributed by atoms with Crippen molar-refractivity contribution in [2.45, 2.75) is 129 Å². The van der Waals surface area contributed by atoms with Gasteiger partial charge < -0.3 is 146 Å². The number of aromatic hydroxyl groups is 6. The molecule has 0 radical (unpaired) electrons. The molecule has 21 N–H and O–H groups in total. The number of fused-ring (bicyclic) bond motifs is 14. The fraction of sp³-hybridized carbons (Fsp3) is 0.320. The topological polar surface area (TPSA) is 600 Å². The van der Waals surface area contributed by atoms with E-state index in [1.807, 2.05) is 0 Å². The highest BCUT2D eigenvalue weighted by Crippen LogP contribution is 2.48. The van der Waals surface area contributed by atoms with Crippen LogP contribution in [0.15, 0.2) is 128 Å². The number of aliphatic hydroxyl groups excluding tert-OH is 9. The molecule has 114 heavy (non-hydrogen) atoms. The molecule has 0 spiro atoms. The Morgan fingerprint density at radius 1 is 0.491 bits per heavy atom. The molecule has 39 nitrogen and oxygen atoms in total. The van der Waals surface area contributed by atoms with E-state index in [9.17, 15) is 86.2 Å². The molecule has 17 bridgehead atoms. The van der Waals surface area contributed by atoms with E-state index in [0.29, 0.717) is 0 Å². The van der Waals surface area contributed by atoms with Gasteiger partial charge in [-0.05, 0) is 119 Å². The van der Waals surface area contributed by atoms with E-state index in [-0.39, 0.29) is 67.5 Å². The normalized spacial score (nSPS) is 28.3. The van der Waals surface area contributed by atoms with Crippen LogP contribution in [0, 0.1) is 6.92 Å². The Balaban J connectivity index is 0.856. The molecule has 16 rings (SSSR count). The van der Waals surface area contributed by atoms with Crippen LogP contribution in [0.5, 0.6) is 69.0 Å². The molecule has 8 aromatic rings. The predicted octanol–water partition coefficient (Wildman–Crippen LogP) is -1.11. The van der Waals surface area contributed by atoms with Crippen LogP contribution in [-0.2, 0) is 63.9 Å². The standard InChI is InChI=1S/C75H73N9O30/c1-27-42(90)16-32-18-44(27)111-45-17-31(8-14-41(45)89)57(84-23-34(82-83-84)26-108-74-65(99)63(97)66(49(25-86)113-74)114-75-64(98)62(96)61(95)48(24-85)112-75)72(105)81-56-59(93)29-5-11-37(12-6-29)110-47-20-33-19-46(60(47)94)109-36-9-3-28(4-10-36)58(92)55-71(104)79-54(73(106)107-2)39-21-35(87)22-43(91)50(39)38-15-30(7-13-40(38)88)51(67(100)80-55)76-69(102)53(33)77-68(101)52(32)78-70(56)103/h3-23,48-49,51-59,61-66,74-75,85-99H,24-26H2,1-2H3,(H,76,102)(H,77,101)(H,78,103)(H,79,104)(H,80,100)(H,81,105)/t48-,49-,51-,52+,53-,54-,55+,56-,57-,58-,59-,61-,62+,63-,64-,65-,66-,74+,75-/m1/s1. The third-order valence-electron chi connectivity index (χ3n) is 20.2. The molecule has 1 aromatic heterocycles. The Morgan fingerprint density at radius 2 is 1.02 bits per heavy atom. The molecule has 0 unspecified atom stereocenters. The van der Waals surface area contributed by atoms with Crippen LogP contribution in [0.25, 0.3) is 11.1 Å².